The van der Waals surface area contributed by atoms with Crippen LogP contribution < -0.4 is 0 Å². The lowest BCUT2D eigenvalue weighted by Gasteiger charge is -1.95. The number of hydrogen-bond donors (Lipinski definition) is 2. The number of carbonyl (C=O) groups is 2. The first kappa shape index (κ1) is 17.0. The highest BCUT2D eigenvalue weighted by Gasteiger charge is 2.12. The van der Waals surface area contributed by atoms with E-state index in [4.69, 9.17) is 0 Å². The van der Waals surface area contributed by atoms with Crippen molar-refractivity contribution in [3.8, 4) is 0 Å². The Morgan fingerprint density at radius 2 is 1.57 bits per heavy atom. The van der Waals surface area contributed by atoms with Crippen LogP contribution in [0.2, 0.25) is 0 Å². The zero-order valence-electron chi connectivity index (χ0n) is 12.2. The van der Waals surface area contributed by atoms with Crippen LogP contribution in [0.4, 0.5) is 0 Å². The molecule has 0 spiro atoms. The molecule has 2 aromatic rings. The van der Waals surface area contributed by atoms with Crippen LogP contribution in [0.1, 0.15) is 31.8 Å². The van der Waals surface area contributed by atoms with Gasteiger partial charge >= 0.3 is 11.9 Å². The lowest BCUT2D eigenvalue weighted by molar-refractivity contribution is 0.0591. The Morgan fingerprint density at radius 3 is 1.95 bits per heavy atom. The highest BCUT2D eigenvalue weighted by Crippen LogP contribution is 2.18. The van der Waals surface area contributed by atoms with E-state index in [1.807, 2.05) is 13.8 Å². The van der Waals surface area contributed by atoms with E-state index in [0.717, 1.165) is 15.7 Å². The van der Waals surface area contributed by atoms with Gasteiger partial charge in [0.15, 0.2) is 0 Å². The van der Waals surface area contributed by atoms with Crippen molar-refractivity contribution < 1.29 is 19.1 Å². The number of hydrogen-bond acceptors (Lipinski definition) is 4. The highest BCUT2D eigenvalue weighted by molar-refractivity contribution is 9.10. The maximum atomic E-state index is 11.0. The van der Waals surface area contributed by atoms with Crippen molar-refractivity contribution >= 4 is 27.9 Å². The predicted molar refractivity (Wildman–Crippen MR) is 81.4 cm³/mol. The summed E-state index contributed by atoms with van der Waals surface area (Å²) in [4.78, 5) is 27.5. The van der Waals surface area contributed by atoms with Crippen LogP contribution in [-0.4, -0.2) is 36.1 Å². The van der Waals surface area contributed by atoms with Crippen molar-refractivity contribution in [2.45, 2.75) is 13.8 Å². The lowest BCUT2D eigenvalue weighted by atomic mass is 10.2. The zero-order valence-corrected chi connectivity index (χ0v) is 13.8. The lowest BCUT2D eigenvalue weighted by Crippen LogP contribution is -2.00. The number of aryl methyl sites for hydroxylation is 1. The van der Waals surface area contributed by atoms with Crippen molar-refractivity contribution in [2.24, 2.45) is 0 Å². The van der Waals surface area contributed by atoms with E-state index < -0.39 is 0 Å². The van der Waals surface area contributed by atoms with Crippen molar-refractivity contribution in [3.05, 3.63) is 45.4 Å². The van der Waals surface area contributed by atoms with E-state index in [0.29, 0.717) is 11.1 Å². The van der Waals surface area contributed by atoms with Crippen LogP contribution in [0, 0.1) is 13.8 Å². The molecule has 0 saturated carbocycles. The summed E-state index contributed by atoms with van der Waals surface area (Å²) in [5, 5.41) is 0. The molecule has 0 amide bonds. The van der Waals surface area contributed by atoms with E-state index >= 15 is 0 Å². The third-order valence-electron chi connectivity index (χ3n) is 2.84. The number of esters is 2. The summed E-state index contributed by atoms with van der Waals surface area (Å²) in [6.07, 6.45) is 5.00. The van der Waals surface area contributed by atoms with Crippen LogP contribution in [0.25, 0.3) is 0 Å². The molecule has 2 rings (SSSR count). The molecule has 0 aliphatic heterocycles. The maximum absolute atomic E-state index is 11.0. The van der Waals surface area contributed by atoms with Gasteiger partial charge in [0.25, 0.3) is 0 Å². The standard InChI is InChI=1S/C7H8BrNO2.C7H9NO2/c1-4-5(7(10)11-2)3-9-6(4)8;1-5-3-8-4-6(5)7(9)10-2/h3,9H,1-2H3;3-4,8H,1-2H3. The van der Waals surface area contributed by atoms with E-state index in [1.165, 1.54) is 14.2 Å². The molecular formula is C14H17BrN2O4. The molecule has 114 valence electrons. The van der Waals surface area contributed by atoms with Crippen LogP contribution in [0.3, 0.4) is 0 Å². The molecule has 21 heavy (non-hydrogen) atoms. The third-order valence-corrected chi connectivity index (χ3v) is 3.66. The molecule has 7 heteroatoms. The summed E-state index contributed by atoms with van der Waals surface area (Å²) < 4.78 is 9.88. The topological polar surface area (TPSA) is 84.2 Å². The Bertz CT molecular complexity index is 631. The summed E-state index contributed by atoms with van der Waals surface area (Å²) >= 11 is 3.25. The number of H-pyrrole nitrogens is 2. The molecular weight excluding hydrogens is 340 g/mol. The summed E-state index contributed by atoms with van der Waals surface area (Å²) in [5.74, 6) is -0.608. The zero-order chi connectivity index (χ0) is 16.0. The van der Waals surface area contributed by atoms with Gasteiger partial charge in [-0.05, 0) is 40.9 Å². The van der Waals surface area contributed by atoms with Crippen molar-refractivity contribution in [1.82, 2.24) is 9.97 Å². The van der Waals surface area contributed by atoms with Crippen LogP contribution >= 0.6 is 15.9 Å². The SMILES string of the molecule is COC(=O)c1c[nH]c(Br)c1C.COC(=O)c1c[nH]cc1C. The highest BCUT2D eigenvalue weighted by atomic mass is 79.9. The van der Waals surface area contributed by atoms with Gasteiger partial charge in [-0.15, -0.1) is 0 Å². The maximum Gasteiger partial charge on any atom is 0.339 e. The minimum atomic E-state index is -0.315. The Balaban J connectivity index is 0.000000211. The molecule has 0 bridgehead atoms. The fraction of sp³-hybridized carbons (Fsp3) is 0.286. The predicted octanol–water partition coefficient (Wildman–Crippen LogP) is 2.98. The minimum Gasteiger partial charge on any atom is -0.465 e. The number of aromatic nitrogens is 2. The molecule has 0 atom stereocenters. The van der Waals surface area contributed by atoms with Crippen LogP contribution in [0.5, 0.6) is 0 Å². The van der Waals surface area contributed by atoms with Gasteiger partial charge in [0, 0.05) is 18.6 Å². The Kier molecular flexibility index (Phi) is 6.23. The van der Waals surface area contributed by atoms with E-state index in [9.17, 15) is 9.59 Å². The average Bonchev–Trinajstić information content (AvgIpc) is 3.05. The third kappa shape index (κ3) is 4.22. The van der Waals surface area contributed by atoms with Crippen LogP contribution in [-0.2, 0) is 9.47 Å². The smallest absolute Gasteiger partial charge is 0.339 e. The number of rotatable bonds is 2. The Hall–Kier alpha value is -2.02. The summed E-state index contributed by atoms with van der Waals surface area (Å²) in [7, 11) is 2.73. The first-order chi connectivity index (χ1) is 9.92. The van der Waals surface area contributed by atoms with Gasteiger partial charge in [-0.1, -0.05) is 0 Å². The van der Waals surface area contributed by atoms with Crippen LogP contribution in [0.15, 0.2) is 23.2 Å². The van der Waals surface area contributed by atoms with Crippen molar-refractivity contribution in [2.75, 3.05) is 14.2 Å². The molecule has 0 radical (unpaired) electrons. The number of ether oxygens (including phenoxy) is 2. The van der Waals surface area contributed by atoms with Gasteiger partial charge in [0.2, 0.25) is 0 Å². The monoisotopic (exact) mass is 356 g/mol. The Labute approximate surface area is 131 Å². The molecule has 2 aromatic heterocycles. The second kappa shape index (κ2) is 7.68. The molecule has 0 saturated heterocycles. The summed E-state index contributed by atoms with van der Waals surface area (Å²) in [6, 6.07) is 0. The van der Waals surface area contributed by atoms with Gasteiger partial charge in [-0.25, -0.2) is 9.59 Å². The number of carbonyl (C=O) groups excluding carboxylic acids is 2. The fourth-order valence-corrected chi connectivity index (χ4v) is 1.89. The molecule has 2 heterocycles. The number of nitrogens with one attached hydrogen (secondary N) is 2. The number of aromatic amines is 2. The van der Waals surface area contributed by atoms with Gasteiger partial charge in [0.05, 0.1) is 29.9 Å². The first-order valence-electron chi connectivity index (χ1n) is 6.05. The van der Waals surface area contributed by atoms with Gasteiger partial charge in [0.1, 0.15) is 0 Å². The summed E-state index contributed by atoms with van der Waals surface area (Å²) in [6.45, 7) is 3.69. The number of methoxy groups -OCH3 is 2. The largest absolute Gasteiger partial charge is 0.465 e. The molecule has 6 nitrogen and oxygen atoms in total. The van der Waals surface area contributed by atoms with E-state index in [1.54, 1.807) is 18.6 Å². The van der Waals surface area contributed by atoms with Gasteiger partial charge in [-0.3, -0.25) is 0 Å². The van der Waals surface area contributed by atoms with E-state index in [2.05, 4.69) is 35.4 Å². The Morgan fingerprint density at radius 1 is 1.00 bits per heavy atom. The molecule has 2 N–H and O–H groups in total. The normalized spacial score (nSPS) is 9.57. The van der Waals surface area contributed by atoms with Gasteiger partial charge < -0.3 is 19.4 Å². The molecule has 0 aliphatic carbocycles. The second-order valence-electron chi connectivity index (χ2n) is 4.18. The summed E-state index contributed by atoms with van der Waals surface area (Å²) in [5.41, 5.74) is 2.95. The molecule has 0 aromatic carbocycles. The molecule has 0 unspecified atom stereocenters. The number of halogens is 1. The van der Waals surface area contributed by atoms with Gasteiger partial charge in [-0.2, -0.15) is 0 Å². The van der Waals surface area contributed by atoms with E-state index in [-0.39, 0.29) is 11.9 Å². The molecule has 0 fully saturated rings. The quantitative estimate of drug-likeness (QED) is 0.810. The molecule has 0 aliphatic rings. The average molecular weight is 357 g/mol. The fourth-order valence-electron chi connectivity index (χ4n) is 1.56. The first-order valence-corrected chi connectivity index (χ1v) is 6.85. The minimum absolute atomic E-state index is 0.293. The van der Waals surface area contributed by atoms with Crippen molar-refractivity contribution in [1.29, 1.82) is 0 Å². The second-order valence-corrected chi connectivity index (χ2v) is 4.97. The van der Waals surface area contributed by atoms with Crippen molar-refractivity contribution in [3.63, 3.8) is 0 Å².